The number of hydrogen-bond acceptors (Lipinski definition) is 2. The molecule has 1 aromatic carbocycles. The Morgan fingerprint density at radius 2 is 2.19 bits per heavy atom. The van der Waals surface area contributed by atoms with Crippen LogP contribution in [0.1, 0.15) is 30.9 Å². The molecular formula is C16H26IN3O. The number of nitrogens with two attached hydrogens (primary N) is 1. The van der Waals surface area contributed by atoms with Crippen LogP contribution in [0.25, 0.3) is 0 Å². The van der Waals surface area contributed by atoms with Crippen molar-refractivity contribution in [3.8, 4) is 0 Å². The van der Waals surface area contributed by atoms with Crippen molar-refractivity contribution in [2.75, 3.05) is 26.8 Å². The Balaban J connectivity index is 0.00000220. The Bertz CT molecular complexity index is 478. The lowest BCUT2D eigenvalue weighted by atomic mass is 9.71. The van der Waals surface area contributed by atoms with Gasteiger partial charge in [0.25, 0.3) is 0 Å². The predicted octanol–water partition coefficient (Wildman–Crippen LogP) is 2.45. The number of nitrogens with one attached hydrogen (secondary N) is 1. The molecule has 0 radical (unpaired) electrons. The fraction of sp³-hybridized carbons (Fsp3) is 0.562. The molecule has 1 aliphatic carbocycles. The molecule has 0 aliphatic heterocycles. The summed E-state index contributed by atoms with van der Waals surface area (Å²) in [5.74, 6) is 0.506. The lowest BCUT2D eigenvalue weighted by Crippen LogP contribution is -2.37. The number of rotatable bonds is 5. The minimum atomic E-state index is 0. The molecule has 4 nitrogen and oxygen atoms in total. The van der Waals surface area contributed by atoms with E-state index >= 15 is 0 Å². The third-order valence-electron chi connectivity index (χ3n) is 4.05. The average Bonchev–Trinajstić information content (AvgIpc) is 2.46. The van der Waals surface area contributed by atoms with Gasteiger partial charge in [-0.1, -0.05) is 31.2 Å². The summed E-state index contributed by atoms with van der Waals surface area (Å²) in [5.41, 5.74) is 8.88. The Morgan fingerprint density at radius 3 is 2.95 bits per heavy atom. The monoisotopic (exact) mass is 403 g/mol. The van der Waals surface area contributed by atoms with Crippen molar-refractivity contribution in [2.24, 2.45) is 10.7 Å². The number of hydrogen-bond donors (Lipinski definition) is 2. The van der Waals surface area contributed by atoms with Gasteiger partial charge in [-0.15, -0.1) is 24.0 Å². The van der Waals surface area contributed by atoms with Gasteiger partial charge in [-0.3, -0.25) is 4.99 Å². The summed E-state index contributed by atoms with van der Waals surface area (Å²) in [7, 11) is 1.68. The van der Waals surface area contributed by atoms with E-state index in [1.807, 2.05) is 0 Å². The molecule has 0 bridgehead atoms. The average molecular weight is 403 g/mol. The first-order valence-corrected chi connectivity index (χ1v) is 7.27. The third kappa shape index (κ3) is 4.85. The van der Waals surface area contributed by atoms with Crippen molar-refractivity contribution in [1.82, 2.24) is 5.32 Å². The summed E-state index contributed by atoms with van der Waals surface area (Å²) in [5, 5.41) is 3.07. The molecule has 1 unspecified atom stereocenters. The van der Waals surface area contributed by atoms with E-state index in [0.29, 0.717) is 19.1 Å². The van der Waals surface area contributed by atoms with Gasteiger partial charge in [-0.05, 0) is 30.4 Å². The van der Waals surface area contributed by atoms with Crippen LogP contribution in [0.3, 0.4) is 0 Å². The highest BCUT2D eigenvalue weighted by atomic mass is 127. The van der Waals surface area contributed by atoms with E-state index in [4.69, 9.17) is 10.5 Å². The number of methoxy groups -OCH3 is 1. The number of fused-ring (bicyclic) bond motifs is 1. The molecule has 0 saturated carbocycles. The Labute approximate surface area is 144 Å². The summed E-state index contributed by atoms with van der Waals surface area (Å²) in [6.07, 6.45) is 3.57. The van der Waals surface area contributed by atoms with Crippen molar-refractivity contribution >= 4 is 29.9 Å². The molecule has 0 aromatic heterocycles. The van der Waals surface area contributed by atoms with Gasteiger partial charge in [0.05, 0.1) is 13.2 Å². The first-order valence-electron chi connectivity index (χ1n) is 7.27. The second kappa shape index (κ2) is 8.58. The van der Waals surface area contributed by atoms with Gasteiger partial charge in [0.15, 0.2) is 5.96 Å². The Kier molecular flexibility index (Phi) is 7.45. The summed E-state index contributed by atoms with van der Waals surface area (Å²) in [4.78, 5) is 4.52. The third-order valence-corrected chi connectivity index (χ3v) is 4.05. The minimum absolute atomic E-state index is 0. The van der Waals surface area contributed by atoms with E-state index in [0.717, 1.165) is 6.54 Å². The standard InChI is InChI=1S/C16H25N3O.HI/c1-16(12-19-15(17)18-10-11-20-2)9-5-7-13-6-3-4-8-14(13)16;/h3-4,6,8H,5,7,9-12H2,1-2H3,(H3,17,18,19);1H. The second-order valence-electron chi connectivity index (χ2n) is 5.69. The SMILES string of the molecule is COCCNC(N)=NCC1(C)CCCc2ccccc21.I. The summed E-state index contributed by atoms with van der Waals surface area (Å²) >= 11 is 0. The van der Waals surface area contributed by atoms with Gasteiger partial charge in [0.2, 0.25) is 0 Å². The van der Waals surface area contributed by atoms with Gasteiger partial charge in [0.1, 0.15) is 0 Å². The molecule has 0 heterocycles. The van der Waals surface area contributed by atoms with E-state index in [2.05, 4.69) is 41.5 Å². The zero-order valence-corrected chi connectivity index (χ0v) is 15.2. The lowest BCUT2D eigenvalue weighted by molar-refractivity contribution is 0.204. The maximum Gasteiger partial charge on any atom is 0.188 e. The molecule has 21 heavy (non-hydrogen) atoms. The van der Waals surface area contributed by atoms with E-state index in [1.54, 1.807) is 7.11 Å². The van der Waals surface area contributed by atoms with Crippen LogP contribution in [0.5, 0.6) is 0 Å². The zero-order valence-electron chi connectivity index (χ0n) is 12.9. The first kappa shape index (κ1) is 18.2. The molecule has 2 rings (SSSR count). The van der Waals surface area contributed by atoms with E-state index in [9.17, 15) is 0 Å². The quantitative estimate of drug-likeness (QED) is 0.344. The summed E-state index contributed by atoms with van der Waals surface area (Å²) < 4.78 is 4.98. The molecular weight excluding hydrogens is 377 g/mol. The molecule has 0 fully saturated rings. The van der Waals surface area contributed by atoms with E-state index < -0.39 is 0 Å². The number of aryl methyl sites for hydroxylation is 1. The smallest absolute Gasteiger partial charge is 0.188 e. The Morgan fingerprint density at radius 1 is 1.43 bits per heavy atom. The molecule has 0 saturated heterocycles. The van der Waals surface area contributed by atoms with Crippen molar-refractivity contribution < 1.29 is 4.74 Å². The number of nitrogens with zero attached hydrogens (tertiary/aromatic N) is 1. The van der Waals surface area contributed by atoms with Crippen LogP contribution in [0.4, 0.5) is 0 Å². The van der Waals surface area contributed by atoms with Crippen LogP contribution < -0.4 is 11.1 Å². The fourth-order valence-electron chi connectivity index (χ4n) is 2.89. The maximum atomic E-state index is 5.89. The molecule has 3 N–H and O–H groups in total. The fourth-order valence-corrected chi connectivity index (χ4v) is 2.89. The number of aliphatic imine (C=N–C) groups is 1. The van der Waals surface area contributed by atoms with Crippen LogP contribution in [0, 0.1) is 0 Å². The maximum absolute atomic E-state index is 5.89. The molecule has 5 heteroatoms. The highest BCUT2D eigenvalue weighted by Gasteiger charge is 2.31. The van der Waals surface area contributed by atoms with Gasteiger partial charge in [-0.2, -0.15) is 0 Å². The summed E-state index contributed by atoms with van der Waals surface area (Å²) in [6.45, 7) is 4.35. The molecule has 0 amide bonds. The number of guanidine groups is 1. The van der Waals surface area contributed by atoms with Crippen LogP contribution in [0.15, 0.2) is 29.3 Å². The van der Waals surface area contributed by atoms with Crippen molar-refractivity contribution in [2.45, 2.75) is 31.6 Å². The van der Waals surface area contributed by atoms with E-state index in [1.165, 1.54) is 30.4 Å². The van der Waals surface area contributed by atoms with Crippen LogP contribution >= 0.6 is 24.0 Å². The largest absolute Gasteiger partial charge is 0.383 e. The van der Waals surface area contributed by atoms with Gasteiger partial charge >= 0.3 is 0 Å². The second-order valence-corrected chi connectivity index (χ2v) is 5.69. The van der Waals surface area contributed by atoms with Crippen LogP contribution in [0.2, 0.25) is 0 Å². The highest BCUT2D eigenvalue weighted by Crippen LogP contribution is 2.37. The molecule has 118 valence electrons. The molecule has 1 aliphatic rings. The van der Waals surface area contributed by atoms with Gasteiger partial charge < -0.3 is 15.8 Å². The number of ether oxygens (including phenoxy) is 1. The molecule has 0 spiro atoms. The highest BCUT2D eigenvalue weighted by molar-refractivity contribution is 14.0. The normalized spacial score (nSPS) is 21.3. The minimum Gasteiger partial charge on any atom is -0.383 e. The van der Waals surface area contributed by atoms with Crippen molar-refractivity contribution in [3.05, 3.63) is 35.4 Å². The van der Waals surface area contributed by atoms with Crippen molar-refractivity contribution in [1.29, 1.82) is 0 Å². The molecule has 1 aromatic rings. The van der Waals surface area contributed by atoms with E-state index in [-0.39, 0.29) is 29.4 Å². The first-order chi connectivity index (χ1) is 9.65. The lowest BCUT2D eigenvalue weighted by Gasteiger charge is -2.34. The molecule has 1 atom stereocenters. The summed E-state index contributed by atoms with van der Waals surface area (Å²) in [6, 6.07) is 8.70. The predicted molar refractivity (Wildman–Crippen MR) is 98.5 cm³/mol. The Hall–Kier alpha value is -0.820. The number of halogens is 1. The number of benzene rings is 1. The van der Waals surface area contributed by atoms with Gasteiger partial charge in [-0.25, -0.2) is 0 Å². The van der Waals surface area contributed by atoms with Crippen molar-refractivity contribution in [3.63, 3.8) is 0 Å². The van der Waals surface area contributed by atoms with Crippen LogP contribution in [-0.4, -0.2) is 32.8 Å². The zero-order chi connectivity index (χ0) is 14.4. The van der Waals surface area contributed by atoms with Crippen LogP contribution in [-0.2, 0) is 16.6 Å². The van der Waals surface area contributed by atoms with Gasteiger partial charge in [0, 0.05) is 19.1 Å². The topological polar surface area (TPSA) is 59.6 Å².